The van der Waals surface area contributed by atoms with E-state index in [0.717, 1.165) is 18.9 Å². The number of rotatable bonds is 3. The number of hydrogen-bond acceptors (Lipinski definition) is 3. The number of H-pyrrole nitrogens is 1. The normalized spacial score (nSPS) is 15.0. The van der Waals surface area contributed by atoms with Crippen molar-refractivity contribution >= 4 is 23.1 Å². The predicted octanol–water partition coefficient (Wildman–Crippen LogP) is 5.25. The van der Waals surface area contributed by atoms with Gasteiger partial charge in [0.15, 0.2) is 5.54 Å². The van der Waals surface area contributed by atoms with Crippen molar-refractivity contribution < 1.29 is 35.9 Å². The maximum atomic E-state index is 13.5. The third kappa shape index (κ3) is 7.32. The average molecular weight is 501 g/mol. The summed E-state index contributed by atoms with van der Waals surface area (Å²) in [4.78, 5) is 23.2. The first-order valence-corrected chi connectivity index (χ1v) is 10.6. The first-order chi connectivity index (χ1) is 16.3. The fourth-order valence-corrected chi connectivity index (χ4v) is 2.89. The lowest BCUT2D eigenvalue weighted by atomic mass is 9.85. The van der Waals surface area contributed by atoms with Crippen LogP contribution >= 0.6 is 0 Å². The van der Waals surface area contributed by atoms with Gasteiger partial charge in [-0.25, -0.2) is 13.2 Å². The number of carbonyl (C=O) groups is 2. The lowest BCUT2D eigenvalue weighted by Gasteiger charge is -2.22. The predicted molar refractivity (Wildman–Crippen MR) is 120 cm³/mol. The largest absolute Gasteiger partial charge is 0.412 e. The van der Waals surface area contributed by atoms with Gasteiger partial charge in [0.05, 0.1) is 5.52 Å². The highest BCUT2D eigenvalue weighted by atomic mass is 19.4. The number of carbonyl (C=O) groups excluding carboxylic acids is 2. The van der Waals surface area contributed by atoms with Gasteiger partial charge in [-0.1, -0.05) is 6.42 Å². The number of benzene rings is 2. The van der Waals surface area contributed by atoms with Crippen LogP contribution in [0.1, 0.15) is 26.2 Å². The van der Waals surface area contributed by atoms with Gasteiger partial charge < -0.3 is 20.8 Å². The zero-order valence-electron chi connectivity index (χ0n) is 19.0. The molecule has 1 aliphatic carbocycles. The van der Waals surface area contributed by atoms with E-state index in [1.807, 2.05) is 0 Å². The van der Waals surface area contributed by atoms with Gasteiger partial charge in [-0.2, -0.15) is 13.2 Å². The summed E-state index contributed by atoms with van der Waals surface area (Å²) >= 11 is 0. The number of nitrogens with one attached hydrogen (secondary N) is 2. The Labute approximate surface area is 197 Å². The molecule has 1 unspecified atom stereocenters. The van der Waals surface area contributed by atoms with Gasteiger partial charge in [0.2, 0.25) is 5.91 Å². The zero-order valence-corrected chi connectivity index (χ0v) is 19.0. The van der Waals surface area contributed by atoms with E-state index in [1.54, 1.807) is 25.2 Å². The molecule has 1 aromatic heterocycles. The lowest BCUT2D eigenvalue weighted by molar-refractivity contribution is -0.179. The average Bonchev–Trinajstić information content (AvgIpc) is 3.17. The van der Waals surface area contributed by atoms with Crippen molar-refractivity contribution in [2.45, 2.75) is 37.9 Å². The Balaban J connectivity index is 0.000000214. The highest BCUT2D eigenvalue weighted by Crippen LogP contribution is 2.27. The minimum absolute atomic E-state index is 0.219. The second kappa shape index (κ2) is 11.4. The molecule has 2 aromatic carbocycles. The van der Waals surface area contributed by atoms with Crippen molar-refractivity contribution in [1.29, 1.82) is 0 Å². The van der Waals surface area contributed by atoms with Crippen molar-refractivity contribution in [1.82, 2.24) is 10.3 Å². The van der Waals surface area contributed by atoms with Crippen LogP contribution in [0.5, 0.6) is 0 Å². The Morgan fingerprint density at radius 3 is 2.06 bits per heavy atom. The van der Waals surface area contributed by atoms with Crippen LogP contribution in [0.3, 0.4) is 0 Å². The molecule has 5 nitrogen and oxygen atoms in total. The van der Waals surface area contributed by atoms with Gasteiger partial charge in [0.1, 0.15) is 23.7 Å². The number of fused-ring (bicyclic) bond motifs is 1. The molecule has 190 valence electrons. The second-order valence-corrected chi connectivity index (χ2v) is 8.18. The van der Waals surface area contributed by atoms with Crippen LogP contribution in [-0.4, -0.2) is 35.9 Å². The fourth-order valence-electron chi connectivity index (χ4n) is 2.89. The van der Waals surface area contributed by atoms with Crippen LogP contribution in [0, 0.1) is 23.4 Å². The summed E-state index contributed by atoms with van der Waals surface area (Å²) in [5.74, 6) is -1.04. The molecule has 0 spiro atoms. The molecule has 1 fully saturated rings. The third-order valence-electron chi connectivity index (χ3n) is 5.38. The third-order valence-corrected chi connectivity index (χ3v) is 5.38. The van der Waals surface area contributed by atoms with E-state index in [4.69, 9.17) is 0 Å². The molecule has 4 N–H and O–H groups in total. The number of aromatic nitrogens is 1. The molecule has 1 saturated carbocycles. The molecular weight excluding hydrogens is 476 g/mol. The van der Waals surface area contributed by atoms with E-state index in [9.17, 15) is 35.9 Å². The maximum absolute atomic E-state index is 13.5. The Morgan fingerprint density at radius 1 is 1.06 bits per heavy atom. The molecule has 1 heterocycles. The smallest absolute Gasteiger partial charge is 0.359 e. The maximum Gasteiger partial charge on any atom is 0.412 e. The first-order valence-electron chi connectivity index (χ1n) is 10.6. The highest BCUT2D eigenvalue weighted by molar-refractivity contribution is 5.86. The van der Waals surface area contributed by atoms with E-state index in [2.05, 4.69) is 16.0 Å². The molecule has 35 heavy (non-hydrogen) atoms. The second-order valence-electron chi connectivity index (χ2n) is 8.18. The molecule has 0 aliphatic heterocycles. The molecule has 11 heteroatoms. The molecule has 1 aliphatic rings. The van der Waals surface area contributed by atoms with Crippen molar-refractivity contribution in [3.8, 4) is 11.3 Å². The Morgan fingerprint density at radius 2 is 1.66 bits per heavy atom. The summed E-state index contributed by atoms with van der Waals surface area (Å²) < 4.78 is 73.8. The monoisotopic (exact) mass is 501 g/mol. The van der Waals surface area contributed by atoms with Crippen LogP contribution in [0.25, 0.3) is 22.2 Å². The molecule has 1 atom stereocenters. The molecule has 0 bridgehead atoms. The summed E-state index contributed by atoms with van der Waals surface area (Å²) in [5, 5.41) is 3.08. The summed E-state index contributed by atoms with van der Waals surface area (Å²) in [6, 6.07) is 9.50. The van der Waals surface area contributed by atoms with Gasteiger partial charge in [-0.15, -0.1) is 0 Å². The van der Waals surface area contributed by atoms with Crippen LogP contribution < -0.4 is 11.1 Å². The van der Waals surface area contributed by atoms with Gasteiger partial charge in [-0.05, 0) is 61.7 Å². The number of hydrogen-bond donors (Lipinski definition) is 3. The lowest BCUT2D eigenvalue weighted by Crippen LogP contribution is -2.52. The van der Waals surface area contributed by atoms with Crippen LogP contribution in [0.2, 0.25) is 0 Å². The number of aldehydes is 1. The van der Waals surface area contributed by atoms with Crippen LogP contribution in [0.15, 0.2) is 42.5 Å². The molecular formula is C24H25F6N3O2. The minimum atomic E-state index is -4.64. The van der Waals surface area contributed by atoms with Gasteiger partial charge >= 0.3 is 6.18 Å². The van der Waals surface area contributed by atoms with Crippen molar-refractivity contribution in [3.05, 3.63) is 59.9 Å². The van der Waals surface area contributed by atoms with Gasteiger partial charge in [0, 0.05) is 30.1 Å². The molecule has 0 saturated heterocycles. The van der Waals surface area contributed by atoms with Crippen molar-refractivity contribution in [3.63, 3.8) is 0 Å². The Hall–Kier alpha value is -3.34. The molecule has 1 amide bonds. The minimum Gasteiger partial charge on any atom is -0.359 e. The summed E-state index contributed by atoms with van der Waals surface area (Å²) in [5.41, 5.74) is 3.38. The van der Waals surface area contributed by atoms with Gasteiger partial charge in [0.25, 0.3) is 0 Å². The number of alkyl halides is 3. The summed E-state index contributed by atoms with van der Waals surface area (Å²) in [6.45, 7) is 0.611. The van der Waals surface area contributed by atoms with Crippen LogP contribution in [-0.2, 0) is 9.59 Å². The quantitative estimate of drug-likeness (QED) is 0.338. The number of nitrogens with two attached hydrogens (primary N) is 1. The number of aromatic amines is 1. The zero-order chi connectivity index (χ0) is 26.4. The van der Waals surface area contributed by atoms with E-state index >= 15 is 0 Å². The van der Waals surface area contributed by atoms with Crippen molar-refractivity contribution in [2.24, 2.45) is 11.7 Å². The topological polar surface area (TPSA) is 88.0 Å². The molecule has 0 radical (unpaired) electrons. The van der Waals surface area contributed by atoms with Crippen LogP contribution in [0.4, 0.5) is 26.3 Å². The summed E-state index contributed by atoms with van der Waals surface area (Å²) in [6.07, 6.45) is -1.54. The van der Waals surface area contributed by atoms with E-state index in [-0.39, 0.29) is 23.5 Å². The van der Waals surface area contributed by atoms with Gasteiger partial charge in [-0.3, -0.25) is 4.79 Å². The van der Waals surface area contributed by atoms with E-state index in [1.165, 1.54) is 24.6 Å². The van der Waals surface area contributed by atoms with E-state index < -0.39 is 23.3 Å². The van der Waals surface area contributed by atoms with Crippen molar-refractivity contribution in [2.75, 3.05) is 7.05 Å². The molecule has 3 aromatic rings. The Kier molecular flexibility index (Phi) is 9.08. The highest BCUT2D eigenvalue weighted by Gasteiger charge is 2.48. The SMILES string of the molecule is CC(N)(C=O)C(F)(F)F.CNC(=O)C1CCC1.Fc1ccc(-c2cc3cc(F)cc(F)c3[nH]2)cc1. The molecule has 4 rings (SSSR count). The number of halogens is 6. The number of amides is 1. The first kappa shape index (κ1) is 27.9. The standard InChI is InChI=1S/C14H8F3N.C6H11NO.C4H6F3NO/c15-10-3-1-8(2-4-10)13-6-9-5-11(16)7-12(17)14(9)18-13;1-7-6(8)5-3-2-4-5;1-3(8,2-9)4(5,6)7/h1-7,18H;5H,2-4H2,1H3,(H,7,8);2H,8H2,1H3. The fraction of sp³-hybridized carbons (Fsp3) is 0.333. The summed E-state index contributed by atoms with van der Waals surface area (Å²) in [7, 11) is 1.70. The van der Waals surface area contributed by atoms with E-state index in [0.29, 0.717) is 29.5 Å². The Bertz CT molecular complexity index is 1150.